The molecule has 0 unspecified atom stereocenters. The number of halogens is 1. The fourth-order valence-corrected chi connectivity index (χ4v) is 12.9. The molecule has 0 spiro atoms. The van der Waals surface area contributed by atoms with Crippen LogP contribution in [-0.4, -0.2) is 173 Å². The highest BCUT2D eigenvalue weighted by Crippen LogP contribution is 2.41. The van der Waals surface area contributed by atoms with Crippen molar-refractivity contribution in [2.45, 2.75) is 16.7 Å². The van der Waals surface area contributed by atoms with E-state index in [-0.39, 0.29) is 11.1 Å². The van der Waals surface area contributed by atoms with E-state index in [1.54, 1.807) is 113 Å². The van der Waals surface area contributed by atoms with Crippen LogP contribution in [0.3, 0.4) is 0 Å². The van der Waals surface area contributed by atoms with Crippen LogP contribution >= 0.6 is 23.5 Å². The molecule has 105 heavy (non-hydrogen) atoms. The van der Waals surface area contributed by atoms with Crippen LogP contribution in [0.5, 0.6) is 34.5 Å². The van der Waals surface area contributed by atoms with Crippen LogP contribution in [-0.2, 0) is 4.74 Å². The number of fused-ring (bicyclic) bond motifs is 15. The Bertz CT molecular complexity index is 5760. The van der Waals surface area contributed by atoms with E-state index in [1.165, 1.54) is 49.5 Å². The number of rotatable bonds is 15. The number of thioether (sulfide) groups is 2. The fourth-order valence-electron chi connectivity index (χ4n) is 11.6. The van der Waals surface area contributed by atoms with Crippen LogP contribution in [0.25, 0.3) is 109 Å². The molecule has 0 aliphatic rings. The van der Waals surface area contributed by atoms with Crippen molar-refractivity contribution >= 4 is 164 Å². The maximum atomic E-state index is 14.3. The number of pyridine rings is 10. The molecule has 30 heteroatoms. The molecule has 0 radical (unpaired) electrons. The average molecular weight is 1450 g/mol. The number of benzene rings is 5. The van der Waals surface area contributed by atoms with Crippen molar-refractivity contribution in [1.29, 1.82) is 0 Å². The minimum atomic E-state index is -0.433. The van der Waals surface area contributed by atoms with Gasteiger partial charge in [0.05, 0.1) is 133 Å². The van der Waals surface area contributed by atoms with Gasteiger partial charge in [-0.25, -0.2) is 29.3 Å². The first-order valence-electron chi connectivity index (χ1n) is 31.5. The number of oxime groups is 5. The molecule has 5 aromatic carbocycles. The zero-order valence-corrected chi connectivity index (χ0v) is 58.9. The standard InChI is InChI=1S/C17H17N3O4.C15H13N3O2S.C15H13N3OS.C14H10FN3O2.C14H11N3O3/c1-22-6-7-24-14-8-11-4-3-5-18-16(11)17-15(14)13(23-2)9-12(20-17)10-19-21;1-20-12-7-11-13(21-2)6-9(8-17-19)18-15(11)14-10(12)4-3-5-16-14;1-9-6-10-4-3-5-16-14(10)15-13(9)12(20-2)7-11(18-15)8-17-19;1-20-11-6-9(7-17-19)18-14-12(11)10(15)5-8-3-2-4-16-13(8)14;1-20-12-6-10-11(18)5-8(7-16-19)17-14(10)13-9(12)3-2-4-15-13/h3-5,8-10,21H,6-7H2,1-2H3;3-8,19H,1-2H3;3-8,19H,1-2H3;2-7,19H,1H3;2-7,19H,1H3,(H,17,18). The minimum Gasteiger partial charge on any atom is -0.507 e. The Morgan fingerprint density at radius 3 is 1.25 bits per heavy atom. The van der Waals surface area contributed by atoms with Crippen molar-refractivity contribution in [3.63, 3.8) is 0 Å². The maximum absolute atomic E-state index is 14.3. The van der Waals surface area contributed by atoms with Crippen molar-refractivity contribution in [2.24, 2.45) is 25.8 Å². The lowest BCUT2D eigenvalue weighted by Crippen LogP contribution is -2.06. The molecule has 0 amide bonds. The smallest absolute Gasteiger partial charge is 0.137 e. The third-order valence-corrected chi connectivity index (χ3v) is 17.6. The normalized spacial score (nSPS) is 11.5. The SMILES string of the molecule is COCCOc1cc2cccnc2c2nc(C=NO)cc(OC)c12.COc1cc(C=NO)nc2c1c(F)cc1cccnc12.COc1cc2c(O)cc(C=NO)nc2c2ncccc12.COc1cc2c(SC)cc(C=NO)nc2c2ncccc12.CSc1cc(C=NO)nc2c1c(C)cc1cccnc12. The average Bonchev–Trinajstić information content (AvgIpc) is 0.809. The van der Waals surface area contributed by atoms with Crippen LogP contribution < -0.4 is 23.7 Å². The van der Waals surface area contributed by atoms with Crippen LogP contribution in [0.15, 0.2) is 188 Å². The minimum absolute atomic E-state index is 0.0238. The van der Waals surface area contributed by atoms with Crippen molar-refractivity contribution < 1.29 is 64.0 Å². The Kier molecular flexibility index (Phi) is 23.7. The summed E-state index contributed by atoms with van der Waals surface area (Å²) in [6.45, 7) is 2.95. The molecule has 0 saturated carbocycles. The van der Waals surface area contributed by atoms with Gasteiger partial charge in [0.2, 0.25) is 0 Å². The van der Waals surface area contributed by atoms with Gasteiger partial charge in [-0.15, -0.1) is 23.5 Å². The number of aromatic nitrogens is 10. The number of hydrogen-bond acceptors (Lipinski definition) is 29. The lowest BCUT2D eigenvalue weighted by atomic mass is 10.0. The highest BCUT2D eigenvalue weighted by atomic mass is 32.2. The second-order valence-electron chi connectivity index (χ2n) is 22.2. The van der Waals surface area contributed by atoms with Gasteiger partial charge in [-0.1, -0.05) is 44.0 Å². The summed E-state index contributed by atoms with van der Waals surface area (Å²) in [6, 6.07) is 36.2. The maximum Gasteiger partial charge on any atom is 0.137 e. The Hall–Kier alpha value is -13.1. The molecule has 10 heterocycles. The lowest BCUT2D eigenvalue weighted by molar-refractivity contribution is 0.147. The highest BCUT2D eigenvalue weighted by molar-refractivity contribution is 7.99. The molecule has 0 atom stereocenters. The Morgan fingerprint density at radius 1 is 0.381 bits per heavy atom. The van der Waals surface area contributed by atoms with Crippen LogP contribution in [0.4, 0.5) is 4.39 Å². The van der Waals surface area contributed by atoms with Gasteiger partial charge < -0.3 is 59.6 Å². The summed E-state index contributed by atoms with van der Waals surface area (Å²) < 4.78 is 46.6. The van der Waals surface area contributed by atoms with Gasteiger partial charge >= 0.3 is 0 Å². The van der Waals surface area contributed by atoms with Crippen LogP contribution in [0.2, 0.25) is 0 Å². The Morgan fingerprint density at radius 2 is 0.771 bits per heavy atom. The zero-order valence-electron chi connectivity index (χ0n) is 57.3. The molecule has 0 aliphatic heterocycles. The second kappa shape index (κ2) is 34.1. The Balaban J connectivity index is 0.000000131. The first kappa shape index (κ1) is 73.2. The molecule has 0 aliphatic carbocycles. The number of methoxy groups -OCH3 is 5. The topological polar surface area (TPSA) is 367 Å². The largest absolute Gasteiger partial charge is 0.507 e. The summed E-state index contributed by atoms with van der Waals surface area (Å²) in [5.74, 6) is 2.49. The summed E-state index contributed by atoms with van der Waals surface area (Å²) in [7, 11) is 7.83. The van der Waals surface area contributed by atoms with E-state index in [2.05, 4.69) is 88.6 Å². The molecule has 0 bridgehead atoms. The van der Waals surface area contributed by atoms with Gasteiger partial charge in [0.25, 0.3) is 0 Å². The van der Waals surface area contributed by atoms with E-state index < -0.39 is 5.82 Å². The molecule has 0 saturated heterocycles. The number of hydrogen-bond donors (Lipinski definition) is 6. The molecular formula is C75H64FN15O12S2. The van der Waals surface area contributed by atoms with E-state index in [1.807, 2.05) is 79.2 Å². The van der Waals surface area contributed by atoms with Gasteiger partial charge in [-0.05, 0) is 110 Å². The molecule has 6 N–H and O–H groups in total. The molecule has 15 rings (SSSR count). The van der Waals surface area contributed by atoms with E-state index in [0.717, 1.165) is 93.3 Å². The molecular weight excluding hydrogens is 1390 g/mol. The predicted octanol–water partition coefficient (Wildman–Crippen LogP) is 14.6. The third kappa shape index (κ3) is 15.7. The molecule has 530 valence electrons. The van der Waals surface area contributed by atoms with Gasteiger partial charge in [-0.2, -0.15) is 0 Å². The number of ether oxygens (including phenoxy) is 6. The highest BCUT2D eigenvalue weighted by Gasteiger charge is 2.20. The van der Waals surface area contributed by atoms with Crippen LogP contribution in [0.1, 0.15) is 34.0 Å². The van der Waals surface area contributed by atoms with E-state index >= 15 is 0 Å². The Labute approximate surface area is 604 Å². The first-order chi connectivity index (χ1) is 51.3. The van der Waals surface area contributed by atoms with Gasteiger partial charge in [0, 0.05) is 109 Å². The molecule has 15 aromatic rings. The first-order valence-corrected chi connectivity index (χ1v) is 33.9. The summed E-state index contributed by atoms with van der Waals surface area (Å²) in [4.78, 5) is 46.2. The quantitative estimate of drug-likeness (QED) is 0.0139. The van der Waals surface area contributed by atoms with Crippen molar-refractivity contribution in [3.8, 4) is 34.5 Å². The number of aryl methyl sites for hydroxylation is 1. The third-order valence-electron chi connectivity index (χ3n) is 16.1. The monoisotopic (exact) mass is 1450 g/mol. The van der Waals surface area contributed by atoms with E-state index in [9.17, 15) is 9.50 Å². The molecule has 27 nitrogen and oxygen atoms in total. The van der Waals surface area contributed by atoms with Crippen molar-refractivity contribution in [2.75, 3.05) is 61.3 Å². The zero-order chi connectivity index (χ0) is 74.1. The molecule has 10 aromatic heterocycles. The second-order valence-corrected chi connectivity index (χ2v) is 23.9. The molecule has 0 fully saturated rings. The summed E-state index contributed by atoms with van der Waals surface area (Å²) in [6.07, 6.45) is 18.7. The van der Waals surface area contributed by atoms with Gasteiger partial charge in [0.15, 0.2) is 0 Å². The number of aromatic hydroxyl groups is 1. The van der Waals surface area contributed by atoms with Crippen molar-refractivity contribution in [3.05, 3.63) is 192 Å². The summed E-state index contributed by atoms with van der Waals surface area (Å²) >= 11 is 3.25. The van der Waals surface area contributed by atoms with Gasteiger partial charge in [-0.3, -0.25) is 24.9 Å². The van der Waals surface area contributed by atoms with E-state index in [4.69, 9.17) is 54.5 Å². The predicted molar refractivity (Wildman–Crippen MR) is 406 cm³/mol. The van der Waals surface area contributed by atoms with Crippen LogP contribution in [0, 0.1) is 12.7 Å². The number of nitrogens with zero attached hydrogens (tertiary/aromatic N) is 15. The van der Waals surface area contributed by atoms with Gasteiger partial charge in [0.1, 0.15) is 74.5 Å². The summed E-state index contributed by atoms with van der Waals surface area (Å²) in [5, 5.41) is 76.5. The summed E-state index contributed by atoms with van der Waals surface area (Å²) in [5.41, 5.74) is 10.2. The van der Waals surface area contributed by atoms with E-state index in [0.29, 0.717) is 103 Å². The lowest BCUT2D eigenvalue weighted by Gasteiger charge is -2.14. The fraction of sp³-hybridized carbons (Fsp3) is 0.133. The van der Waals surface area contributed by atoms with Crippen molar-refractivity contribution in [1.82, 2.24) is 49.8 Å².